The molecule has 0 atom stereocenters. The maximum atomic E-state index is 12.5. The van der Waals surface area contributed by atoms with Crippen LogP contribution >= 0.6 is 0 Å². The summed E-state index contributed by atoms with van der Waals surface area (Å²) in [5.74, 6) is 0. The minimum absolute atomic E-state index is 0.409. The Bertz CT molecular complexity index is 554. The van der Waals surface area contributed by atoms with Crippen molar-refractivity contribution < 1.29 is 8.42 Å². The van der Waals surface area contributed by atoms with Gasteiger partial charge < -0.3 is 5.32 Å². The van der Waals surface area contributed by atoms with Crippen molar-refractivity contribution in [3.63, 3.8) is 0 Å². The summed E-state index contributed by atoms with van der Waals surface area (Å²) in [5, 5.41) is 3.23. The number of hydrogen-bond acceptors (Lipinski definition) is 3. The summed E-state index contributed by atoms with van der Waals surface area (Å²) in [6, 6.07) is 3.83. The number of aryl methyl sites for hydroxylation is 1. The van der Waals surface area contributed by atoms with Gasteiger partial charge in [-0.15, -0.1) is 0 Å². The molecule has 0 radical (unpaired) electrons. The SMILES string of the molecule is CCCCCNS(=O)(=O)c1cc(CNCC)cc(C)c1C. The van der Waals surface area contributed by atoms with Crippen LogP contribution in [0.1, 0.15) is 49.8 Å². The van der Waals surface area contributed by atoms with Crippen LogP contribution in [0.3, 0.4) is 0 Å². The van der Waals surface area contributed by atoms with Crippen LogP contribution in [0.25, 0.3) is 0 Å². The molecule has 2 N–H and O–H groups in total. The third-order valence-corrected chi connectivity index (χ3v) is 5.21. The lowest BCUT2D eigenvalue weighted by molar-refractivity contribution is 0.575. The first-order chi connectivity index (χ1) is 9.92. The van der Waals surface area contributed by atoms with E-state index in [1.807, 2.05) is 26.8 Å². The second-order valence-corrected chi connectivity index (χ2v) is 7.16. The molecular formula is C16H28N2O2S. The Balaban J connectivity index is 2.95. The Labute approximate surface area is 129 Å². The highest BCUT2D eigenvalue weighted by atomic mass is 32.2. The van der Waals surface area contributed by atoms with Gasteiger partial charge in [0.1, 0.15) is 0 Å². The summed E-state index contributed by atoms with van der Waals surface area (Å²) in [7, 11) is -3.42. The second-order valence-electron chi connectivity index (χ2n) is 5.42. The normalized spacial score (nSPS) is 11.8. The van der Waals surface area contributed by atoms with Crippen LogP contribution in [0.2, 0.25) is 0 Å². The Morgan fingerprint density at radius 1 is 1.10 bits per heavy atom. The summed E-state index contributed by atoms with van der Waals surface area (Å²) in [4.78, 5) is 0.409. The van der Waals surface area contributed by atoms with Gasteiger partial charge in [0, 0.05) is 13.1 Å². The molecule has 21 heavy (non-hydrogen) atoms. The standard InChI is InChI=1S/C16H28N2O2S/c1-5-7-8-9-18-21(19,20)16-11-15(12-17-6-2)10-13(3)14(16)4/h10-11,17-18H,5-9,12H2,1-4H3. The smallest absolute Gasteiger partial charge is 0.240 e. The fraction of sp³-hybridized carbons (Fsp3) is 0.625. The summed E-state index contributed by atoms with van der Waals surface area (Å²) >= 11 is 0. The van der Waals surface area contributed by atoms with Gasteiger partial charge in [-0.3, -0.25) is 0 Å². The Hall–Kier alpha value is -0.910. The van der Waals surface area contributed by atoms with Crippen molar-refractivity contribution in [2.45, 2.75) is 58.4 Å². The molecule has 0 bridgehead atoms. The topological polar surface area (TPSA) is 58.2 Å². The molecule has 0 saturated carbocycles. The number of benzene rings is 1. The van der Waals surface area contributed by atoms with Gasteiger partial charge in [0.15, 0.2) is 0 Å². The van der Waals surface area contributed by atoms with Gasteiger partial charge >= 0.3 is 0 Å². The molecule has 0 fully saturated rings. The second kappa shape index (κ2) is 8.51. The summed E-state index contributed by atoms with van der Waals surface area (Å²) < 4.78 is 27.6. The van der Waals surface area contributed by atoms with Crippen molar-refractivity contribution in [2.75, 3.05) is 13.1 Å². The van der Waals surface area contributed by atoms with Crippen molar-refractivity contribution in [1.29, 1.82) is 0 Å². The number of hydrogen-bond donors (Lipinski definition) is 2. The fourth-order valence-electron chi connectivity index (χ4n) is 2.21. The van der Waals surface area contributed by atoms with Crippen molar-refractivity contribution in [2.24, 2.45) is 0 Å². The van der Waals surface area contributed by atoms with Crippen LogP contribution in [0, 0.1) is 13.8 Å². The monoisotopic (exact) mass is 312 g/mol. The predicted octanol–water partition coefficient (Wildman–Crippen LogP) is 2.88. The number of rotatable bonds is 9. The minimum atomic E-state index is -3.42. The molecule has 5 heteroatoms. The highest BCUT2D eigenvalue weighted by Crippen LogP contribution is 2.21. The van der Waals surface area contributed by atoms with Crippen molar-refractivity contribution >= 4 is 10.0 Å². The van der Waals surface area contributed by atoms with E-state index in [2.05, 4.69) is 17.0 Å². The third-order valence-electron chi connectivity index (χ3n) is 3.62. The maximum absolute atomic E-state index is 12.5. The molecule has 0 amide bonds. The van der Waals surface area contributed by atoms with Gasteiger partial charge in [0.05, 0.1) is 4.90 Å². The van der Waals surface area contributed by atoms with Gasteiger partial charge in [-0.1, -0.05) is 32.8 Å². The van der Waals surface area contributed by atoms with Crippen LogP contribution in [-0.2, 0) is 16.6 Å². The lowest BCUT2D eigenvalue weighted by atomic mass is 10.1. The quantitative estimate of drug-likeness (QED) is 0.689. The van der Waals surface area contributed by atoms with Gasteiger partial charge in [-0.25, -0.2) is 13.1 Å². The summed E-state index contributed by atoms with van der Waals surface area (Å²) in [6.45, 7) is 10.0. The zero-order chi connectivity index (χ0) is 15.9. The largest absolute Gasteiger partial charge is 0.313 e. The van der Waals surface area contributed by atoms with E-state index in [4.69, 9.17) is 0 Å². The Morgan fingerprint density at radius 3 is 2.43 bits per heavy atom. The number of unbranched alkanes of at least 4 members (excludes halogenated alkanes) is 2. The molecule has 0 unspecified atom stereocenters. The van der Waals surface area contributed by atoms with E-state index in [0.717, 1.165) is 42.5 Å². The van der Waals surface area contributed by atoms with Gasteiger partial charge in [-0.2, -0.15) is 0 Å². The van der Waals surface area contributed by atoms with Crippen LogP contribution in [0.15, 0.2) is 17.0 Å². The Kier molecular flexibility index (Phi) is 7.35. The van der Waals surface area contributed by atoms with E-state index in [-0.39, 0.29) is 0 Å². The van der Waals surface area contributed by atoms with Crippen molar-refractivity contribution in [1.82, 2.24) is 10.0 Å². The van der Waals surface area contributed by atoms with Crippen LogP contribution in [-0.4, -0.2) is 21.5 Å². The van der Waals surface area contributed by atoms with Crippen molar-refractivity contribution in [3.8, 4) is 0 Å². The van der Waals surface area contributed by atoms with Gasteiger partial charge in [0.25, 0.3) is 0 Å². The fourth-order valence-corrected chi connectivity index (χ4v) is 3.65. The molecule has 1 aromatic rings. The minimum Gasteiger partial charge on any atom is -0.313 e. The molecule has 0 aliphatic rings. The van der Waals surface area contributed by atoms with E-state index < -0.39 is 10.0 Å². The summed E-state index contributed by atoms with van der Waals surface area (Å²) in [6.07, 6.45) is 3.00. The first kappa shape index (κ1) is 18.1. The van der Waals surface area contributed by atoms with Gasteiger partial charge in [0.2, 0.25) is 10.0 Å². The zero-order valence-corrected chi connectivity index (χ0v) is 14.4. The lowest BCUT2D eigenvalue weighted by Gasteiger charge is -2.14. The van der Waals surface area contributed by atoms with Crippen LogP contribution in [0.5, 0.6) is 0 Å². The van der Waals surface area contributed by atoms with Crippen LogP contribution < -0.4 is 10.0 Å². The molecule has 0 spiro atoms. The number of sulfonamides is 1. The first-order valence-corrected chi connectivity index (χ1v) is 9.21. The molecule has 4 nitrogen and oxygen atoms in total. The lowest BCUT2D eigenvalue weighted by Crippen LogP contribution is -2.26. The van der Waals surface area contributed by atoms with E-state index >= 15 is 0 Å². The predicted molar refractivity (Wildman–Crippen MR) is 88.0 cm³/mol. The molecule has 120 valence electrons. The highest BCUT2D eigenvalue weighted by Gasteiger charge is 2.18. The summed E-state index contributed by atoms with van der Waals surface area (Å²) in [5.41, 5.74) is 2.85. The molecule has 0 heterocycles. The maximum Gasteiger partial charge on any atom is 0.240 e. The average molecular weight is 312 g/mol. The third kappa shape index (κ3) is 5.41. The molecular weight excluding hydrogens is 284 g/mol. The van der Waals surface area contributed by atoms with Crippen LogP contribution in [0.4, 0.5) is 0 Å². The van der Waals surface area contributed by atoms with Crippen molar-refractivity contribution in [3.05, 3.63) is 28.8 Å². The highest BCUT2D eigenvalue weighted by molar-refractivity contribution is 7.89. The first-order valence-electron chi connectivity index (χ1n) is 7.72. The van der Waals surface area contributed by atoms with E-state index in [1.165, 1.54) is 0 Å². The van der Waals surface area contributed by atoms with E-state index in [0.29, 0.717) is 18.0 Å². The molecule has 1 rings (SSSR count). The Morgan fingerprint density at radius 2 is 1.81 bits per heavy atom. The van der Waals surface area contributed by atoms with E-state index in [9.17, 15) is 8.42 Å². The number of nitrogens with one attached hydrogen (secondary N) is 2. The van der Waals surface area contributed by atoms with Gasteiger partial charge in [-0.05, 0) is 49.6 Å². The average Bonchev–Trinajstić information content (AvgIpc) is 2.44. The molecule has 0 aromatic heterocycles. The molecule has 1 aromatic carbocycles. The molecule has 0 saturated heterocycles. The zero-order valence-electron chi connectivity index (χ0n) is 13.6. The molecule has 0 aliphatic carbocycles. The molecule has 0 aliphatic heterocycles. The van der Waals surface area contributed by atoms with E-state index in [1.54, 1.807) is 6.07 Å².